The molecule has 0 unspecified atom stereocenters. The first-order valence-electron chi connectivity index (χ1n) is 8.51. The van der Waals surface area contributed by atoms with Gasteiger partial charge in [-0.3, -0.25) is 9.69 Å². The van der Waals surface area contributed by atoms with E-state index in [9.17, 15) is 4.79 Å². The van der Waals surface area contributed by atoms with Crippen LogP contribution in [-0.2, 0) is 11.3 Å². The second kappa shape index (κ2) is 8.00. The van der Waals surface area contributed by atoms with Crippen molar-refractivity contribution in [3.63, 3.8) is 0 Å². The molecule has 5 heteroatoms. The SMILES string of the molecule is CC(=O)Nc1cc(CN2CCC(CC#N)(C(C)C)CC2)ccc1Cl. The molecule has 0 atom stereocenters. The predicted molar refractivity (Wildman–Crippen MR) is 97.8 cm³/mol. The number of anilines is 1. The van der Waals surface area contributed by atoms with Crippen LogP contribution in [0.1, 0.15) is 45.6 Å². The molecule has 130 valence electrons. The Bertz CT molecular complexity index is 628. The van der Waals surface area contributed by atoms with Crippen molar-refractivity contribution in [1.29, 1.82) is 5.26 Å². The lowest BCUT2D eigenvalue weighted by molar-refractivity contribution is -0.114. The zero-order valence-corrected chi connectivity index (χ0v) is 15.5. The molecular weight excluding hydrogens is 322 g/mol. The number of halogens is 1. The van der Waals surface area contributed by atoms with E-state index in [1.807, 2.05) is 18.2 Å². The van der Waals surface area contributed by atoms with Gasteiger partial charge in [0.1, 0.15) is 0 Å². The smallest absolute Gasteiger partial charge is 0.221 e. The van der Waals surface area contributed by atoms with Gasteiger partial charge in [-0.1, -0.05) is 31.5 Å². The predicted octanol–water partition coefficient (Wildman–Crippen LogP) is 4.45. The van der Waals surface area contributed by atoms with Crippen LogP contribution in [0.5, 0.6) is 0 Å². The van der Waals surface area contributed by atoms with Crippen LogP contribution < -0.4 is 5.32 Å². The normalized spacial score (nSPS) is 17.5. The van der Waals surface area contributed by atoms with Crippen molar-refractivity contribution in [3.05, 3.63) is 28.8 Å². The number of hydrogen-bond donors (Lipinski definition) is 1. The molecule has 1 N–H and O–H groups in total. The molecule has 0 bridgehead atoms. The molecule has 1 fully saturated rings. The van der Waals surface area contributed by atoms with Crippen LogP contribution in [0.25, 0.3) is 0 Å². The third-order valence-electron chi connectivity index (χ3n) is 5.26. The zero-order chi connectivity index (χ0) is 17.7. The second-order valence-electron chi connectivity index (χ2n) is 7.12. The van der Waals surface area contributed by atoms with Gasteiger partial charge >= 0.3 is 0 Å². The lowest BCUT2D eigenvalue weighted by atomic mass is 9.68. The molecule has 1 heterocycles. The summed E-state index contributed by atoms with van der Waals surface area (Å²) in [5, 5.41) is 12.5. The summed E-state index contributed by atoms with van der Waals surface area (Å²) in [7, 11) is 0. The number of nitriles is 1. The number of carbonyl (C=O) groups is 1. The molecule has 1 amide bonds. The molecule has 1 aromatic rings. The summed E-state index contributed by atoms with van der Waals surface area (Å²) in [5.74, 6) is 0.409. The highest BCUT2D eigenvalue weighted by Gasteiger charge is 2.37. The van der Waals surface area contributed by atoms with Crippen LogP contribution >= 0.6 is 11.6 Å². The monoisotopic (exact) mass is 347 g/mol. The fourth-order valence-electron chi connectivity index (χ4n) is 3.49. The van der Waals surface area contributed by atoms with E-state index in [1.54, 1.807) is 0 Å². The largest absolute Gasteiger partial charge is 0.325 e. The number of piperidine rings is 1. The van der Waals surface area contributed by atoms with Gasteiger partial charge in [-0.25, -0.2) is 0 Å². The highest BCUT2D eigenvalue weighted by Crippen LogP contribution is 2.41. The van der Waals surface area contributed by atoms with Crippen LogP contribution in [-0.4, -0.2) is 23.9 Å². The summed E-state index contributed by atoms with van der Waals surface area (Å²) in [4.78, 5) is 13.7. The molecule has 0 spiro atoms. The van der Waals surface area contributed by atoms with Gasteiger partial charge in [0.05, 0.1) is 16.8 Å². The first-order chi connectivity index (χ1) is 11.4. The van der Waals surface area contributed by atoms with E-state index in [-0.39, 0.29) is 11.3 Å². The van der Waals surface area contributed by atoms with Crippen LogP contribution in [0, 0.1) is 22.7 Å². The maximum Gasteiger partial charge on any atom is 0.221 e. The lowest BCUT2D eigenvalue weighted by Crippen LogP contribution is -2.42. The minimum atomic E-state index is -0.120. The maximum atomic E-state index is 11.3. The van der Waals surface area contributed by atoms with Gasteiger partial charge in [0.25, 0.3) is 0 Å². The summed E-state index contributed by atoms with van der Waals surface area (Å²) in [6.07, 6.45) is 2.76. The molecule has 0 aromatic heterocycles. The van der Waals surface area contributed by atoms with Gasteiger partial charge in [-0.15, -0.1) is 0 Å². The molecule has 1 aliphatic heterocycles. The van der Waals surface area contributed by atoms with Gasteiger partial charge in [0.2, 0.25) is 5.91 Å². The van der Waals surface area contributed by atoms with Gasteiger partial charge in [-0.05, 0) is 55.0 Å². The Morgan fingerprint density at radius 3 is 2.62 bits per heavy atom. The molecule has 2 rings (SSSR count). The molecule has 4 nitrogen and oxygen atoms in total. The number of carbonyl (C=O) groups excluding carboxylic acids is 1. The van der Waals surface area contributed by atoms with E-state index in [1.165, 1.54) is 6.92 Å². The Balaban J connectivity index is 2.01. The van der Waals surface area contributed by atoms with Gasteiger partial charge in [0.15, 0.2) is 0 Å². The number of nitrogens with one attached hydrogen (secondary N) is 1. The fraction of sp³-hybridized carbons (Fsp3) is 0.579. The molecule has 0 saturated carbocycles. The summed E-state index contributed by atoms with van der Waals surface area (Å²) in [5.41, 5.74) is 1.97. The fourth-order valence-corrected chi connectivity index (χ4v) is 3.65. The first kappa shape index (κ1) is 18.8. The number of nitrogens with zero attached hydrogens (tertiary/aromatic N) is 2. The molecule has 0 aliphatic carbocycles. The molecular formula is C19H26ClN3O. The average Bonchev–Trinajstić information content (AvgIpc) is 2.52. The molecule has 0 radical (unpaired) electrons. The van der Waals surface area contributed by atoms with E-state index in [0.717, 1.165) is 38.0 Å². The lowest BCUT2D eigenvalue weighted by Gasteiger charge is -2.43. The number of rotatable bonds is 5. The Hall–Kier alpha value is -1.57. The topological polar surface area (TPSA) is 56.1 Å². The van der Waals surface area contributed by atoms with E-state index >= 15 is 0 Å². The van der Waals surface area contributed by atoms with Crippen molar-refractivity contribution in [1.82, 2.24) is 4.90 Å². The van der Waals surface area contributed by atoms with Crippen molar-refractivity contribution in [2.75, 3.05) is 18.4 Å². The molecule has 1 aromatic carbocycles. The average molecular weight is 348 g/mol. The van der Waals surface area contributed by atoms with Crippen LogP contribution in [0.3, 0.4) is 0 Å². The zero-order valence-electron chi connectivity index (χ0n) is 14.7. The number of benzene rings is 1. The van der Waals surface area contributed by atoms with Gasteiger partial charge in [-0.2, -0.15) is 5.26 Å². The standard InChI is InChI=1S/C19H26ClN3O/c1-14(2)19(6-9-21)7-10-23(11-8-19)13-16-4-5-17(20)18(12-16)22-15(3)24/h4-5,12,14H,6-8,10-11,13H2,1-3H3,(H,22,24). The maximum absolute atomic E-state index is 11.3. The summed E-state index contributed by atoms with van der Waals surface area (Å²) >= 11 is 6.13. The Labute approximate surface area is 149 Å². The van der Waals surface area contributed by atoms with Crippen molar-refractivity contribution in [2.45, 2.75) is 46.6 Å². The van der Waals surface area contributed by atoms with Crippen LogP contribution in [0.4, 0.5) is 5.69 Å². The van der Waals surface area contributed by atoms with Crippen LogP contribution in [0.15, 0.2) is 18.2 Å². The quantitative estimate of drug-likeness (QED) is 0.856. The van der Waals surface area contributed by atoms with Crippen molar-refractivity contribution < 1.29 is 4.79 Å². The molecule has 1 saturated heterocycles. The Morgan fingerprint density at radius 2 is 2.08 bits per heavy atom. The highest BCUT2D eigenvalue weighted by molar-refractivity contribution is 6.33. The number of hydrogen-bond acceptors (Lipinski definition) is 3. The molecule has 1 aliphatic rings. The van der Waals surface area contributed by atoms with Crippen molar-refractivity contribution in [2.24, 2.45) is 11.3 Å². The number of amides is 1. The van der Waals surface area contributed by atoms with E-state index < -0.39 is 0 Å². The summed E-state index contributed by atoms with van der Waals surface area (Å²) < 4.78 is 0. The minimum absolute atomic E-state index is 0.120. The van der Waals surface area contributed by atoms with Crippen molar-refractivity contribution in [3.8, 4) is 6.07 Å². The minimum Gasteiger partial charge on any atom is -0.325 e. The second-order valence-corrected chi connectivity index (χ2v) is 7.53. The summed E-state index contributed by atoms with van der Waals surface area (Å²) in [6.45, 7) is 8.77. The van der Waals surface area contributed by atoms with Crippen LogP contribution in [0.2, 0.25) is 5.02 Å². The van der Waals surface area contributed by atoms with Crippen molar-refractivity contribution >= 4 is 23.2 Å². The number of likely N-dealkylation sites (tertiary alicyclic amines) is 1. The first-order valence-corrected chi connectivity index (χ1v) is 8.89. The van der Waals surface area contributed by atoms with E-state index in [0.29, 0.717) is 23.0 Å². The highest BCUT2D eigenvalue weighted by atomic mass is 35.5. The Morgan fingerprint density at radius 1 is 1.42 bits per heavy atom. The third-order valence-corrected chi connectivity index (χ3v) is 5.58. The molecule has 24 heavy (non-hydrogen) atoms. The van der Waals surface area contributed by atoms with Gasteiger partial charge < -0.3 is 5.32 Å². The third kappa shape index (κ3) is 4.49. The van der Waals surface area contributed by atoms with E-state index in [2.05, 4.69) is 30.1 Å². The summed E-state index contributed by atoms with van der Waals surface area (Å²) in [6, 6.07) is 8.17. The Kier molecular flexibility index (Phi) is 6.26. The van der Waals surface area contributed by atoms with E-state index in [4.69, 9.17) is 16.9 Å². The van der Waals surface area contributed by atoms with Gasteiger partial charge in [0, 0.05) is 19.9 Å².